The molecule has 0 aliphatic carbocycles. The van der Waals surface area contributed by atoms with Crippen LogP contribution in [0.5, 0.6) is 0 Å². The van der Waals surface area contributed by atoms with Crippen LogP contribution in [0.15, 0.2) is 18.2 Å². The summed E-state index contributed by atoms with van der Waals surface area (Å²) in [4.78, 5) is 14.1. The fourth-order valence-electron chi connectivity index (χ4n) is 2.29. The highest BCUT2D eigenvalue weighted by atomic mass is 16.3. The van der Waals surface area contributed by atoms with Gasteiger partial charge < -0.3 is 15.7 Å². The van der Waals surface area contributed by atoms with Crippen LogP contribution in [0.2, 0.25) is 0 Å². The van der Waals surface area contributed by atoms with Crippen molar-refractivity contribution < 1.29 is 9.90 Å². The largest absolute Gasteiger partial charge is 0.398 e. The fourth-order valence-corrected chi connectivity index (χ4v) is 2.29. The van der Waals surface area contributed by atoms with Crippen molar-refractivity contribution in [3.8, 4) is 0 Å². The van der Waals surface area contributed by atoms with Crippen LogP contribution >= 0.6 is 0 Å². The summed E-state index contributed by atoms with van der Waals surface area (Å²) in [5.74, 6) is 0.224. The molecule has 2 atom stereocenters. The second-order valence-electron chi connectivity index (χ2n) is 5.10. The predicted molar refractivity (Wildman–Crippen MR) is 71.3 cm³/mol. The van der Waals surface area contributed by atoms with E-state index in [0.29, 0.717) is 24.3 Å². The zero-order valence-electron chi connectivity index (χ0n) is 10.9. The van der Waals surface area contributed by atoms with Crippen molar-refractivity contribution in [3.63, 3.8) is 0 Å². The third kappa shape index (κ3) is 2.34. The Morgan fingerprint density at radius 1 is 1.50 bits per heavy atom. The van der Waals surface area contributed by atoms with Gasteiger partial charge in [0.1, 0.15) is 0 Å². The summed E-state index contributed by atoms with van der Waals surface area (Å²) < 4.78 is 0. The number of hydrogen-bond acceptors (Lipinski definition) is 3. The summed E-state index contributed by atoms with van der Waals surface area (Å²) in [7, 11) is 0. The molecule has 0 aromatic heterocycles. The third-order valence-electron chi connectivity index (χ3n) is 3.81. The first-order chi connectivity index (χ1) is 8.50. The third-order valence-corrected chi connectivity index (χ3v) is 3.81. The lowest BCUT2D eigenvalue weighted by Crippen LogP contribution is -2.46. The topological polar surface area (TPSA) is 66.6 Å². The summed E-state index contributed by atoms with van der Waals surface area (Å²) in [6.07, 6.45) is 0.415. The van der Waals surface area contributed by atoms with E-state index in [4.69, 9.17) is 5.73 Å². The molecule has 1 aliphatic rings. The van der Waals surface area contributed by atoms with Gasteiger partial charge in [0, 0.05) is 24.3 Å². The molecule has 1 amide bonds. The molecule has 2 rings (SSSR count). The van der Waals surface area contributed by atoms with Crippen LogP contribution in [0.1, 0.15) is 29.3 Å². The average molecular weight is 248 g/mol. The zero-order valence-corrected chi connectivity index (χ0v) is 10.9. The Bertz CT molecular complexity index is 459. The van der Waals surface area contributed by atoms with E-state index in [1.54, 1.807) is 23.1 Å². The first kappa shape index (κ1) is 12.9. The normalized spacial score (nSPS) is 24.1. The Labute approximate surface area is 107 Å². The molecule has 0 saturated carbocycles. The highest BCUT2D eigenvalue weighted by Crippen LogP contribution is 2.22. The SMILES string of the molecule is Cc1c(N)cccc1C(=O)N1CCC(C)C(O)C1. The number of nitrogens with two attached hydrogens (primary N) is 1. The number of aliphatic hydroxyl groups excluding tert-OH is 1. The molecule has 3 N–H and O–H groups in total. The minimum Gasteiger partial charge on any atom is -0.398 e. The summed E-state index contributed by atoms with van der Waals surface area (Å²) in [6.45, 7) is 4.98. The molecule has 2 unspecified atom stereocenters. The second-order valence-corrected chi connectivity index (χ2v) is 5.10. The standard InChI is InChI=1S/C14H20N2O2/c1-9-6-7-16(8-13(9)17)14(18)11-4-3-5-12(15)10(11)2/h3-5,9,13,17H,6-8,15H2,1-2H3. The van der Waals surface area contributed by atoms with Crippen LogP contribution in [0.3, 0.4) is 0 Å². The Kier molecular flexibility index (Phi) is 3.57. The number of nitrogens with zero attached hydrogens (tertiary/aromatic N) is 1. The van der Waals surface area contributed by atoms with Crippen molar-refractivity contribution in [1.29, 1.82) is 0 Å². The van der Waals surface area contributed by atoms with Gasteiger partial charge in [0.15, 0.2) is 0 Å². The van der Waals surface area contributed by atoms with Crippen molar-refractivity contribution in [2.24, 2.45) is 5.92 Å². The van der Waals surface area contributed by atoms with E-state index in [2.05, 4.69) is 0 Å². The van der Waals surface area contributed by atoms with Gasteiger partial charge in [0.2, 0.25) is 0 Å². The molecule has 98 valence electrons. The number of likely N-dealkylation sites (tertiary alicyclic amines) is 1. The summed E-state index contributed by atoms with van der Waals surface area (Å²) in [6, 6.07) is 5.37. The summed E-state index contributed by atoms with van der Waals surface area (Å²) in [5.41, 5.74) is 7.90. The van der Waals surface area contributed by atoms with E-state index >= 15 is 0 Å². The molecule has 1 aromatic rings. The Morgan fingerprint density at radius 2 is 2.22 bits per heavy atom. The number of hydrogen-bond donors (Lipinski definition) is 2. The number of amides is 1. The monoisotopic (exact) mass is 248 g/mol. The van der Waals surface area contributed by atoms with Gasteiger partial charge in [-0.3, -0.25) is 4.79 Å². The van der Waals surface area contributed by atoms with Crippen molar-refractivity contribution in [2.45, 2.75) is 26.4 Å². The van der Waals surface area contributed by atoms with Gasteiger partial charge in [-0.2, -0.15) is 0 Å². The van der Waals surface area contributed by atoms with Crippen LogP contribution in [0, 0.1) is 12.8 Å². The maximum Gasteiger partial charge on any atom is 0.254 e. The maximum atomic E-state index is 12.4. The van der Waals surface area contributed by atoms with Gasteiger partial charge in [-0.05, 0) is 37.0 Å². The number of rotatable bonds is 1. The van der Waals surface area contributed by atoms with Crippen LogP contribution in [-0.4, -0.2) is 35.1 Å². The van der Waals surface area contributed by atoms with Crippen LogP contribution < -0.4 is 5.73 Å². The fraction of sp³-hybridized carbons (Fsp3) is 0.500. The Morgan fingerprint density at radius 3 is 2.89 bits per heavy atom. The molecule has 1 heterocycles. The van der Waals surface area contributed by atoms with Gasteiger partial charge >= 0.3 is 0 Å². The van der Waals surface area contributed by atoms with Gasteiger partial charge in [0.25, 0.3) is 5.91 Å². The molecule has 4 nitrogen and oxygen atoms in total. The quantitative estimate of drug-likeness (QED) is 0.739. The number of anilines is 1. The van der Waals surface area contributed by atoms with Gasteiger partial charge in [-0.15, -0.1) is 0 Å². The number of aliphatic hydroxyl groups is 1. The van der Waals surface area contributed by atoms with Crippen molar-refractivity contribution >= 4 is 11.6 Å². The van der Waals surface area contributed by atoms with E-state index in [1.807, 2.05) is 13.8 Å². The molecule has 4 heteroatoms. The molecular weight excluding hydrogens is 228 g/mol. The van der Waals surface area contributed by atoms with Crippen molar-refractivity contribution in [1.82, 2.24) is 4.90 Å². The van der Waals surface area contributed by atoms with Gasteiger partial charge in [0.05, 0.1) is 6.10 Å². The van der Waals surface area contributed by atoms with Crippen molar-refractivity contribution in [2.75, 3.05) is 18.8 Å². The number of carbonyl (C=O) groups excluding carboxylic acids is 1. The van der Waals surface area contributed by atoms with E-state index in [0.717, 1.165) is 12.0 Å². The molecule has 0 spiro atoms. The van der Waals surface area contributed by atoms with Crippen molar-refractivity contribution in [3.05, 3.63) is 29.3 Å². The minimum atomic E-state index is -0.427. The van der Waals surface area contributed by atoms with E-state index in [1.165, 1.54) is 0 Å². The lowest BCUT2D eigenvalue weighted by atomic mass is 9.95. The van der Waals surface area contributed by atoms with E-state index in [-0.39, 0.29) is 11.8 Å². The predicted octanol–water partition coefficient (Wildman–Crippen LogP) is 1.42. The van der Waals surface area contributed by atoms with E-state index < -0.39 is 6.10 Å². The smallest absolute Gasteiger partial charge is 0.254 e. The Balaban J connectivity index is 2.19. The Hall–Kier alpha value is -1.55. The zero-order chi connectivity index (χ0) is 13.3. The average Bonchev–Trinajstić information content (AvgIpc) is 2.35. The number of carbonyl (C=O) groups is 1. The molecule has 1 fully saturated rings. The number of β-amino-alcohol motifs (C(OH)–C–C–N with tert-alkyl or cyclic N) is 1. The molecule has 0 bridgehead atoms. The maximum absolute atomic E-state index is 12.4. The van der Waals surface area contributed by atoms with Gasteiger partial charge in [-0.25, -0.2) is 0 Å². The first-order valence-electron chi connectivity index (χ1n) is 6.33. The van der Waals surface area contributed by atoms with E-state index in [9.17, 15) is 9.90 Å². The molecular formula is C14H20N2O2. The number of benzene rings is 1. The molecule has 1 aromatic carbocycles. The van der Waals surface area contributed by atoms with Crippen LogP contribution in [0.25, 0.3) is 0 Å². The lowest BCUT2D eigenvalue weighted by molar-refractivity contribution is 0.0248. The second kappa shape index (κ2) is 4.98. The number of piperidine rings is 1. The molecule has 1 aliphatic heterocycles. The van der Waals surface area contributed by atoms with Gasteiger partial charge in [-0.1, -0.05) is 13.0 Å². The number of nitrogen functional groups attached to an aromatic ring is 1. The van der Waals surface area contributed by atoms with Crippen LogP contribution in [-0.2, 0) is 0 Å². The minimum absolute atomic E-state index is 0.0363. The molecule has 0 radical (unpaired) electrons. The lowest BCUT2D eigenvalue weighted by Gasteiger charge is -2.34. The molecule has 1 saturated heterocycles. The highest BCUT2D eigenvalue weighted by Gasteiger charge is 2.28. The summed E-state index contributed by atoms with van der Waals surface area (Å²) >= 11 is 0. The highest BCUT2D eigenvalue weighted by molar-refractivity contribution is 5.97. The first-order valence-corrected chi connectivity index (χ1v) is 6.33. The van der Waals surface area contributed by atoms with Crippen LogP contribution in [0.4, 0.5) is 5.69 Å². The molecule has 18 heavy (non-hydrogen) atoms. The summed E-state index contributed by atoms with van der Waals surface area (Å²) in [5, 5.41) is 9.85.